The SMILES string of the molecule is CCn1nc(C)cc1CNCc1ncccc1C. The summed E-state index contributed by atoms with van der Waals surface area (Å²) >= 11 is 0. The maximum atomic E-state index is 4.43. The quantitative estimate of drug-likeness (QED) is 0.877. The van der Waals surface area contributed by atoms with Gasteiger partial charge in [0.05, 0.1) is 17.1 Å². The predicted octanol–water partition coefficient (Wildman–Crippen LogP) is 2.20. The van der Waals surface area contributed by atoms with Crippen LogP contribution in [0, 0.1) is 13.8 Å². The molecule has 0 aliphatic rings. The number of nitrogens with zero attached hydrogens (tertiary/aromatic N) is 3. The zero-order chi connectivity index (χ0) is 13.0. The van der Waals surface area contributed by atoms with Crippen LogP contribution in [-0.2, 0) is 19.6 Å². The zero-order valence-corrected chi connectivity index (χ0v) is 11.3. The molecule has 0 atom stereocenters. The zero-order valence-electron chi connectivity index (χ0n) is 11.3. The Balaban J connectivity index is 1.94. The van der Waals surface area contributed by atoms with Crippen molar-refractivity contribution in [3.63, 3.8) is 0 Å². The fourth-order valence-corrected chi connectivity index (χ4v) is 2.03. The van der Waals surface area contributed by atoms with Gasteiger partial charge in [0.2, 0.25) is 0 Å². The largest absolute Gasteiger partial charge is 0.306 e. The van der Waals surface area contributed by atoms with E-state index in [0.29, 0.717) is 0 Å². The van der Waals surface area contributed by atoms with E-state index in [0.717, 1.165) is 31.0 Å². The molecule has 0 fully saturated rings. The molecular formula is C14H20N4. The molecule has 0 saturated carbocycles. The number of aromatic nitrogens is 3. The molecule has 4 heteroatoms. The second kappa shape index (κ2) is 5.78. The lowest BCUT2D eigenvalue weighted by Gasteiger charge is -2.07. The Labute approximate surface area is 108 Å². The Morgan fingerprint density at radius 1 is 1.28 bits per heavy atom. The van der Waals surface area contributed by atoms with Crippen LogP contribution in [0.15, 0.2) is 24.4 Å². The van der Waals surface area contributed by atoms with Crippen LogP contribution in [0.5, 0.6) is 0 Å². The molecule has 0 aliphatic heterocycles. The van der Waals surface area contributed by atoms with Gasteiger partial charge in [-0.2, -0.15) is 5.10 Å². The summed E-state index contributed by atoms with van der Waals surface area (Å²) in [7, 11) is 0. The number of nitrogens with one attached hydrogen (secondary N) is 1. The molecule has 0 aliphatic carbocycles. The summed E-state index contributed by atoms with van der Waals surface area (Å²) in [6.45, 7) is 8.75. The molecule has 0 saturated heterocycles. The van der Waals surface area contributed by atoms with Crippen molar-refractivity contribution < 1.29 is 0 Å². The van der Waals surface area contributed by atoms with Gasteiger partial charge in [0, 0.05) is 25.8 Å². The van der Waals surface area contributed by atoms with Crippen LogP contribution in [-0.4, -0.2) is 14.8 Å². The van der Waals surface area contributed by atoms with E-state index in [1.165, 1.54) is 11.3 Å². The van der Waals surface area contributed by atoms with Gasteiger partial charge in [-0.1, -0.05) is 6.07 Å². The fraction of sp³-hybridized carbons (Fsp3) is 0.429. The molecule has 0 radical (unpaired) electrons. The Morgan fingerprint density at radius 2 is 2.11 bits per heavy atom. The van der Waals surface area contributed by atoms with E-state index in [1.54, 1.807) is 0 Å². The number of hydrogen-bond donors (Lipinski definition) is 1. The molecule has 2 aromatic heterocycles. The van der Waals surface area contributed by atoms with Crippen molar-refractivity contribution in [1.29, 1.82) is 0 Å². The lowest BCUT2D eigenvalue weighted by Crippen LogP contribution is -2.17. The Kier molecular flexibility index (Phi) is 4.10. The summed E-state index contributed by atoms with van der Waals surface area (Å²) < 4.78 is 2.04. The van der Waals surface area contributed by atoms with Crippen molar-refractivity contribution in [2.24, 2.45) is 0 Å². The molecule has 2 heterocycles. The highest BCUT2D eigenvalue weighted by molar-refractivity contribution is 5.17. The highest BCUT2D eigenvalue weighted by atomic mass is 15.3. The number of rotatable bonds is 5. The third-order valence-electron chi connectivity index (χ3n) is 3.00. The molecule has 4 nitrogen and oxygen atoms in total. The predicted molar refractivity (Wildman–Crippen MR) is 72.2 cm³/mol. The van der Waals surface area contributed by atoms with Crippen LogP contribution >= 0.6 is 0 Å². The number of aryl methyl sites for hydroxylation is 3. The highest BCUT2D eigenvalue weighted by Crippen LogP contribution is 2.05. The summed E-state index contributed by atoms with van der Waals surface area (Å²) in [5, 5.41) is 7.86. The molecular weight excluding hydrogens is 224 g/mol. The molecule has 2 rings (SSSR count). The molecule has 0 amide bonds. The van der Waals surface area contributed by atoms with Gasteiger partial charge in [-0.3, -0.25) is 9.67 Å². The standard InChI is InChI=1S/C14H20N4/c1-4-18-13(8-12(3)17-18)9-15-10-14-11(2)6-5-7-16-14/h5-8,15H,4,9-10H2,1-3H3. The summed E-state index contributed by atoms with van der Waals surface area (Å²) in [6.07, 6.45) is 1.84. The van der Waals surface area contributed by atoms with E-state index in [-0.39, 0.29) is 0 Å². The van der Waals surface area contributed by atoms with Gasteiger partial charge in [-0.05, 0) is 38.5 Å². The van der Waals surface area contributed by atoms with E-state index < -0.39 is 0 Å². The van der Waals surface area contributed by atoms with Crippen LogP contribution in [0.1, 0.15) is 29.6 Å². The van der Waals surface area contributed by atoms with Gasteiger partial charge >= 0.3 is 0 Å². The van der Waals surface area contributed by atoms with E-state index >= 15 is 0 Å². The van der Waals surface area contributed by atoms with Crippen LogP contribution in [0.2, 0.25) is 0 Å². The Hall–Kier alpha value is -1.68. The average Bonchev–Trinajstić information content (AvgIpc) is 2.72. The lowest BCUT2D eigenvalue weighted by atomic mass is 10.2. The topological polar surface area (TPSA) is 42.7 Å². The fourth-order valence-electron chi connectivity index (χ4n) is 2.03. The average molecular weight is 244 g/mol. The van der Waals surface area contributed by atoms with Crippen molar-refractivity contribution >= 4 is 0 Å². The van der Waals surface area contributed by atoms with Gasteiger partial charge < -0.3 is 5.32 Å². The van der Waals surface area contributed by atoms with Crippen LogP contribution in [0.4, 0.5) is 0 Å². The van der Waals surface area contributed by atoms with Crippen molar-refractivity contribution in [1.82, 2.24) is 20.1 Å². The third kappa shape index (κ3) is 2.96. The summed E-state index contributed by atoms with van der Waals surface area (Å²) in [5.41, 5.74) is 4.63. The molecule has 1 N–H and O–H groups in total. The van der Waals surface area contributed by atoms with Crippen LogP contribution < -0.4 is 5.32 Å². The van der Waals surface area contributed by atoms with Gasteiger partial charge in [-0.25, -0.2) is 0 Å². The van der Waals surface area contributed by atoms with Gasteiger partial charge in [-0.15, -0.1) is 0 Å². The first kappa shape index (κ1) is 12.8. The van der Waals surface area contributed by atoms with E-state index in [4.69, 9.17) is 0 Å². The number of hydrogen-bond acceptors (Lipinski definition) is 3. The molecule has 0 aromatic carbocycles. The second-order valence-electron chi connectivity index (χ2n) is 4.46. The molecule has 18 heavy (non-hydrogen) atoms. The van der Waals surface area contributed by atoms with Crippen molar-refractivity contribution in [2.45, 2.75) is 40.4 Å². The van der Waals surface area contributed by atoms with Crippen molar-refractivity contribution in [3.05, 3.63) is 47.0 Å². The third-order valence-corrected chi connectivity index (χ3v) is 3.00. The number of pyridine rings is 1. The normalized spacial score (nSPS) is 10.8. The van der Waals surface area contributed by atoms with Crippen LogP contribution in [0.3, 0.4) is 0 Å². The minimum absolute atomic E-state index is 0.792. The maximum absolute atomic E-state index is 4.43. The van der Waals surface area contributed by atoms with Crippen molar-refractivity contribution in [3.8, 4) is 0 Å². The first-order valence-corrected chi connectivity index (χ1v) is 6.35. The maximum Gasteiger partial charge on any atom is 0.0597 e. The summed E-state index contributed by atoms with van der Waals surface area (Å²) in [6, 6.07) is 6.18. The summed E-state index contributed by atoms with van der Waals surface area (Å²) in [4.78, 5) is 4.37. The first-order valence-electron chi connectivity index (χ1n) is 6.35. The van der Waals surface area contributed by atoms with Gasteiger partial charge in [0.15, 0.2) is 0 Å². The minimum atomic E-state index is 0.792. The van der Waals surface area contributed by atoms with E-state index in [2.05, 4.69) is 41.4 Å². The molecule has 96 valence electrons. The Bertz CT molecular complexity index is 516. The Morgan fingerprint density at radius 3 is 2.83 bits per heavy atom. The van der Waals surface area contributed by atoms with Crippen molar-refractivity contribution in [2.75, 3.05) is 0 Å². The molecule has 0 unspecified atom stereocenters. The first-order chi connectivity index (χ1) is 8.70. The van der Waals surface area contributed by atoms with E-state index in [9.17, 15) is 0 Å². The summed E-state index contributed by atoms with van der Waals surface area (Å²) in [5.74, 6) is 0. The van der Waals surface area contributed by atoms with Gasteiger partial charge in [0.25, 0.3) is 0 Å². The highest BCUT2D eigenvalue weighted by Gasteiger charge is 2.04. The van der Waals surface area contributed by atoms with Gasteiger partial charge in [0.1, 0.15) is 0 Å². The monoisotopic (exact) mass is 244 g/mol. The van der Waals surface area contributed by atoms with E-state index in [1.807, 2.05) is 23.9 Å². The minimum Gasteiger partial charge on any atom is -0.306 e. The smallest absolute Gasteiger partial charge is 0.0597 e. The van der Waals surface area contributed by atoms with Crippen LogP contribution in [0.25, 0.3) is 0 Å². The lowest BCUT2D eigenvalue weighted by molar-refractivity contribution is 0.575. The molecule has 0 bridgehead atoms. The molecule has 0 spiro atoms. The second-order valence-corrected chi connectivity index (χ2v) is 4.46. The molecule has 2 aromatic rings.